The number of carbonyl (C=O) groups is 1. The fourth-order valence-electron chi connectivity index (χ4n) is 4.61. The number of aryl methyl sites for hydroxylation is 1. The zero-order valence-corrected chi connectivity index (χ0v) is 20.6. The third-order valence-corrected chi connectivity index (χ3v) is 6.95. The third kappa shape index (κ3) is 5.49. The van der Waals surface area contributed by atoms with E-state index in [0.29, 0.717) is 17.3 Å². The molecule has 0 spiro atoms. The predicted octanol–water partition coefficient (Wildman–Crippen LogP) is 4.00. The topological polar surface area (TPSA) is 94.1 Å². The molecule has 1 fully saturated rings. The molecule has 180 valence electrons. The first-order chi connectivity index (χ1) is 16.4. The predicted molar refractivity (Wildman–Crippen MR) is 133 cm³/mol. The number of aromatic nitrogens is 3. The number of aliphatic hydroxyl groups is 1. The van der Waals surface area contributed by atoms with Gasteiger partial charge in [0.2, 0.25) is 0 Å². The fraction of sp³-hybridized carbons (Fsp3) is 0.423. The summed E-state index contributed by atoms with van der Waals surface area (Å²) in [4.78, 5) is 18.7. The first kappa shape index (κ1) is 24.4. The first-order valence-electron chi connectivity index (χ1n) is 11.8. The average Bonchev–Trinajstić information content (AvgIpc) is 3.45. The number of carbonyl (C=O) groups excluding carboxylic acids is 1. The van der Waals surface area contributed by atoms with Crippen molar-refractivity contribution in [1.82, 2.24) is 25.4 Å². The fourth-order valence-corrected chi connectivity index (χ4v) is 4.73. The molecular formula is C26H32ClN5O2. The summed E-state index contributed by atoms with van der Waals surface area (Å²) in [5.41, 5.74) is 5.74. The zero-order chi connectivity index (χ0) is 24.2. The van der Waals surface area contributed by atoms with Crippen LogP contribution in [0.1, 0.15) is 64.3 Å². The molecule has 1 unspecified atom stereocenters. The lowest BCUT2D eigenvalue weighted by atomic mass is 10.0. The average molecular weight is 482 g/mol. The summed E-state index contributed by atoms with van der Waals surface area (Å²) in [6.07, 6.45) is 4.63. The molecule has 1 aliphatic heterocycles. The summed E-state index contributed by atoms with van der Waals surface area (Å²) in [5, 5.41) is 22.1. The van der Waals surface area contributed by atoms with Crippen molar-refractivity contribution in [3.05, 3.63) is 81.4 Å². The lowest BCUT2D eigenvalue weighted by molar-refractivity contribution is 0.0783. The van der Waals surface area contributed by atoms with E-state index in [2.05, 4.69) is 27.4 Å². The van der Waals surface area contributed by atoms with E-state index >= 15 is 0 Å². The van der Waals surface area contributed by atoms with Gasteiger partial charge >= 0.3 is 0 Å². The van der Waals surface area contributed by atoms with Crippen molar-refractivity contribution < 1.29 is 9.90 Å². The smallest absolute Gasteiger partial charge is 0.253 e. The number of benzene rings is 1. The van der Waals surface area contributed by atoms with E-state index in [9.17, 15) is 9.90 Å². The number of halogens is 1. The van der Waals surface area contributed by atoms with E-state index in [1.807, 2.05) is 37.3 Å². The normalized spacial score (nSPS) is 18.7. The van der Waals surface area contributed by atoms with Gasteiger partial charge in [-0.15, -0.1) is 0 Å². The number of H-pyrrole nitrogens is 1. The highest BCUT2D eigenvalue weighted by Crippen LogP contribution is 2.27. The van der Waals surface area contributed by atoms with Crippen LogP contribution < -0.4 is 5.32 Å². The molecule has 0 aliphatic carbocycles. The molecule has 4 rings (SSSR count). The summed E-state index contributed by atoms with van der Waals surface area (Å²) < 4.78 is 0. The Morgan fingerprint density at radius 1 is 1.24 bits per heavy atom. The number of nitrogens with zero attached hydrogens (tertiary/aromatic N) is 3. The maximum Gasteiger partial charge on any atom is 0.253 e. The van der Waals surface area contributed by atoms with Crippen LogP contribution in [0, 0.1) is 6.92 Å². The van der Waals surface area contributed by atoms with Gasteiger partial charge in [-0.25, -0.2) is 4.98 Å². The molecule has 1 aromatic carbocycles. The van der Waals surface area contributed by atoms with Gasteiger partial charge in [0.05, 0.1) is 18.3 Å². The van der Waals surface area contributed by atoms with E-state index in [1.165, 1.54) is 0 Å². The number of pyridine rings is 1. The lowest BCUT2D eigenvalue weighted by Gasteiger charge is -2.20. The summed E-state index contributed by atoms with van der Waals surface area (Å²) in [6.45, 7) is 4.60. The molecule has 1 saturated heterocycles. The van der Waals surface area contributed by atoms with Crippen LogP contribution in [0.3, 0.4) is 0 Å². The van der Waals surface area contributed by atoms with Crippen molar-refractivity contribution in [3.8, 4) is 0 Å². The molecule has 8 heteroatoms. The molecule has 0 bridgehead atoms. The third-order valence-electron chi connectivity index (χ3n) is 6.73. The minimum atomic E-state index is -0.614. The Morgan fingerprint density at radius 3 is 2.65 bits per heavy atom. The van der Waals surface area contributed by atoms with Crippen LogP contribution in [-0.4, -0.2) is 50.2 Å². The SMILES string of the molecule is CCc1[nH]nc(CN(C)C(=O)c2ccc(C[C@@H]3CC[C@H](C(O)c4ccc(Cl)nc4)N3)cc2)c1C. The van der Waals surface area contributed by atoms with Crippen LogP contribution in [0.5, 0.6) is 0 Å². The van der Waals surface area contributed by atoms with Gasteiger partial charge in [0.25, 0.3) is 5.91 Å². The van der Waals surface area contributed by atoms with Crippen molar-refractivity contribution >= 4 is 17.5 Å². The van der Waals surface area contributed by atoms with E-state index in [1.54, 1.807) is 24.2 Å². The molecular weight excluding hydrogens is 450 g/mol. The second kappa shape index (κ2) is 10.7. The van der Waals surface area contributed by atoms with E-state index < -0.39 is 6.10 Å². The second-order valence-corrected chi connectivity index (χ2v) is 9.48. The van der Waals surface area contributed by atoms with Crippen LogP contribution in [0.25, 0.3) is 0 Å². The highest BCUT2D eigenvalue weighted by Gasteiger charge is 2.30. The van der Waals surface area contributed by atoms with Crippen LogP contribution in [0.15, 0.2) is 42.6 Å². The summed E-state index contributed by atoms with van der Waals surface area (Å²) in [6, 6.07) is 11.6. The van der Waals surface area contributed by atoms with Gasteiger partial charge in [-0.2, -0.15) is 5.10 Å². The summed E-state index contributed by atoms with van der Waals surface area (Å²) in [5.74, 6) is -0.0225. The largest absolute Gasteiger partial charge is 0.387 e. The molecule has 3 N–H and O–H groups in total. The summed E-state index contributed by atoms with van der Waals surface area (Å²) in [7, 11) is 1.81. The van der Waals surface area contributed by atoms with Crippen LogP contribution >= 0.6 is 11.6 Å². The minimum Gasteiger partial charge on any atom is -0.387 e. The van der Waals surface area contributed by atoms with Gasteiger partial charge in [0, 0.05) is 42.1 Å². The van der Waals surface area contributed by atoms with Crippen LogP contribution in [0.4, 0.5) is 0 Å². The number of aliphatic hydroxyl groups excluding tert-OH is 1. The van der Waals surface area contributed by atoms with Crippen molar-refractivity contribution in [3.63, 3.8) is 0 Å². The number of rotatable bonds is 8. The maximum atomic E-state index is 12.9. The molecule has 3 aromatic rings. The Bertz CT molecular complexity index is 1110. The molecule has 34 heavy (non-hydrogen) atoms. The van der Waals surface area contributed by atoms with Crippen molar-refractivity contribution in [2.75, 3.05) is 7.05 Å². The molecule has 3 heterocycles. The minimum absolute atomic E-state index is 0.0128. The lowest BCUT2D eigenvalue weighted by Crippen LogP contribution is -2.35. The first-order valence-corrected chi connectivity index (χ1v) is 12.2. The number of aromatic amines is 1. The van der Waals surface area contributed by atoms with Crippen molar-refractivity contribution in [2.24, 2.45) is 0 Å². The Kier molecular flexibility index (Phi) is 7.66. The molecule has 0 radical (unpaired) electrons. The molecule has 1 aliphatic rings. The Balaban J connectivity index is 1.31. The van der Waals surface area contributed by atoms with Gasteiger partial charge in [-0.05, 0) is 61.9 Å². The van der Waals surface area contributed by atoms with Gasteiger partial charge in [0.15, 0.2) is 0 Å². The second-order valence-electron chi connectivity index (χ2n) is 9.10. The van der Waals surface area contributed by atoms with E-state index in [-0.39, 0.29) is 18.0 Å². The molecule has 0 saturated carbocycles. The van der Waals surface area contributed by atoms with Gasteiger partial charge in [0.1, 0.15) is 5.15 Å². The van der Waals surface area contributed by atoms with Crippen LogP contribution in [-0.2, 0) is 19.4 Å². The molecule has 2 aromatic heterocycles. The van der Waals surface area contributed by atoms with Crippen molar-refractivity contribution in [1.29, 1.82) is 0 Å². The number of nitrogens with one attached hydrogen (secondary N) is 2. The van der Waals surface area contributed by atoms with Gasteiger partial charge < -0.3 is 15.3 Å². The molecule has 1 amide bonds. The highest BCUT2D eigenvalue weighted by atomic mass is 35.5. The van der Waals surface area contributed by atoms with E-state index in [0.717, 1.165) is 53.8 Å². The standard InChI is InChI=1S/C26H32ClN5O2/c1-4-21-16(2)23(31-30-21)15-32(3)26(34)18-7-5-17(6-8-18)13-20-10-11-22(29-20)25(33)19-9-12-24(27)28-14-19/h5-9,12,14,20,22,25,29,33H,4,10-11,13,15H2,1-3H3,(H,30,31)/t20-,22+,25?/m0/s1. The monoisotopic (exact) mass is 481 g/mol. The molecule has 3 atom stereocenters. The zero-order valence-electron chi connectivity index (χ0n) is 19.9. The number of hydrogen-bond acceptors (Lipinski definition) is 5. The highest BCUT2D eigenvalue weighted by molar-refractivity contribution is 6.29. The molecule has 7 nitrogen and oxygen atoms in total. The number of amides is 1. The Labute approximate surface area is 205 Å². The maximum absolute atomic E-state index is 12.9. The Hall–Kier alpha value is -2.74. The summed E-state index contributed by atoms with van der Waals surface area (Å²) >= 11 is 5.85. The van der Waals surface area contributed by atoms with E-state index in [4.69, 9.17) is 11.6 Å². The Morgan fingerprint density at radius 2 is 2.00 bits per heavy atom. The van der Waals surface area contributed by atoms with Gasteiger partial charge in [-0.1, -0.05) is 36.7 Å². The number of hydrogen-bond donors (Lipinski definition) is 3. The quantitative estimate of drug-likeness (QED) is 0.423. The van der Waals surface area contributed by atoms with Gasteiger partial charge in [-0.3, -0.25) is 9.89 Å². The van der Waals surface area contributed by atoms with Crippen molar-refractivity contribution in [2.45, 2.75) is 64.3 Å². The van der Waals surface area contributed by atoms with Crippen LogP contribution in [0.2, 0.25) is 5.15 Å².